The van der Waals surface area contributed by atoms with Crippen LogP contribution >= 0.6 is 0 Å². The zero-order chi connectivity index (χ0) is 15.2. The van der Waals surface area contributed by atoms with Crippen molar-refractivity contribution < 1.29 is 4.74 Å². The third-order valence-corrected chi connectivity index (χ3v) is 5.06. The first-order valence-corrected chi connectivity index (χ1v) is 8.59. The van der Waals surface area contributed by atoms with Gasteiger partial charge in [0.15, 0.2) is 0 Å². The van der Waals surface area contributed by atoms with Crippen molar-refractivity contribution in [2.45, 2.75) is 58.9 Å². The Balaban J connectivity index is 2.35. The lowest BCUT2D eigenvalue weighted by molar-refractivity contribution is 0.174. The van der Waals surface area contributed by atoms with Crippen LogP contribution in [0.4, 0.5) is 0 Å². The summed E-state index contributed by atoms with van der Waals surface area (Å²) in [7, 11) is 1.79. The molecule has 2 heteroatoms. The van der Waals surface area contributed by atoms with Gasteiger partial charge in [-0.25, -0.2) is 0 Å². The van der Waals surface area contributed by atoms with E-state index in [1.807, 2.05) is 0 Å². The summed E-state index contributed by atoms with van der Waals surface area (Å²) < 4.78 is 5.65. The van der Waals surface area contributed by atoms with E-state index in [-0.39, 0.29) is 0 Å². The van der Waals surface area contributed by atoms with Gasteiger partial charge >= 0.3 is 0 Å². The van der Waals surface area contributed by atoms with Crippen LogP contribution in [0.25, 0.3) is 0 Å². The number of hydrogen-bond donors (Lipinski definition) is 1. The topological polar surface area (TPSA) is 21.3 Å². The Hall–Kier alpha value is -1.02. The predicted octanol–water partition coefficient (Wildman–Crippen LogP) is 4.87. The molecule has 3 unspecified atom stereocenters. The number of nitrogens with one attached hydrogen (secondary N) is 1. The van der Waals surface area contributed by atoms with Gasteiger partial charge in [-0.3, -0.25) is 0 Å². The van der Waals surface area contributed by atoms with E-state index in [1.54, 1.807) is 7.11 Å². The average molecular weight is 289 g/mol. The smallest absolute Gasteiger partial charge is 0.123 e. The van der Waals surface area contributed by atoms with Gasteiger partial charge in [0.2, 0.25) is 0 Å². The second kappa shape index (κ2) is 7.84. The van der Waals surface area contributed by atoms with E-state index in [0.717, 1.165) is 24.1 Å². The highest BCUT2D eigenvalue weighted by atomic mass is 16.5. The van der Waals surface area contributed by atoms with Gasteiger partial charge < -0.3 is 10.1 Å². The molecule has 0 radical (unpaired) electrons. The van der Waals surface area contributed by atoms with Crippen LogP contribution < -0.4 is 10.1 Å². The zero-order valence-electron chi connectivity index (χ0n) is 14.1. The lowest BCUT2D eigenvalue weighted by Gasteiger charge is -2.38. The summed E-state index contributed by atoms with van der Waals surface area (Å²) in [6.45, 7) is 7.73. The first kappa shape index (κ1) is 16.4. The van der Waals surface area contributed by atoms with Crippen LogP contribution in [0.5, 0.6) is 5.75 Å². The molecular weight excluding hydrogens is 258 g/mol. The lowest BCUT2D eigenvalue weighted by Crippen LogP contribution is -2.34. The van der Waals surface area contributed by atoms with E-state index in [9.17, 15) is 0 Å². The molecule has 1 saturated carbocycles. The lowest BCUT2D eigenvalue weighted by atomic mass is 9.72. The molecule has 21 heavy (non-hydrogen) atoms. The molecule has 1 aliphatic carbocycles. The molecule has 0 aromatic heterocycles. The Kier molecular flexibility index (Phi) is 6.10. The zero-order valence-corrected chi connectivity index (χ0v) is 14.1. The predicted molar refractivity (Wildman–Crippen MR) is 89.9 cm³/mol. The van der Waals surface area contributed by atoms with Gasteiger partial charge in [-0.2, -0.15) is 0 Å². The molecular formula is C19H31NO. The van der Waals surface area contributed by atoms with Crippen LogP contribution in [-0.2, 0) is 0 Å². The first-order chi connectivity index (χ1) is 10.2. The quantitative estimate of drug-likeness (QED) is 0.806. The minimum Gasteiger partial charge on any atom is -0.496 e. The van der Waals surface area contributed by atoms with E-state index in [1.165, 1.54) is 43.2 Å². The molecule has 1 fully saturated rings. The van der Waals surface area contributed by atoms with Gasteiger partial charge in [-0.15, -0.1) is 0 Å². The van der Waals surface area contributed by atoms with Crippen LogP contribution in [-0.4, -0.2) is 13.7 Å². The van der Waals surface area contributed by atoms with Crippen LogP contribution in [0.3, 0.4) is 0 Å². The van der Waals surface area contributed by atoms with Gasteiger partial charge in [-0.05, 0) is 37.8 Å². The summed E-state index contributed by atoms with van der Waals surface area (Å²) in [6, 6.07) is 7.01. The van der Waals surface area contributed by atoms with E-state index < -0.39 is 0 Å². The molecule has 0 spiro atoms. The molecule has 1 aliphatic rings. The number of ether oxygens (including phenoxy) is 1. The number of aryl methyl sites for hydroxylation is 1. The summed E-state index contributed by atoms with van der Waals surface area (Å²) in [6.07, 6.45) is 6.79. The highest BCUT2D eigenvalue weighted by molar-refractivity contribution is 5.39. The fraction of sp³-hybridized carbons (Fsp3) is 0.684. The molecule has 1 N–H and O–H groups in total. The van der Waals surface area contributed by atoms with Crippen molar-refractivity contribution in [3.05, 3.63) is 29.3 Å². The first-order valence-electron chi connectivity index (χ1n) is 8.59. The van der Waals surface area contributed by atoms with Crippen molar-refractivity contribution in [3.8, 4) is 5.75 Å². The molecule has 3 atom stereocenters. The standard InChI is InChI=1S/C19H31NO/c1-5-15-9-7-8-10-16(15)19(20-6-2)17-13-14(3)11-12-18(17)21-4/h11-13,15-16,19-20H,5-10H2,1-4H3. The maximum atomic E-state index is 5.65. The molecule has 0 aliphatic heterocycles. The van der Waals surface area contributed by atoms with Gasteiger partial charge in [0.25, 0.3) is 0 Å². The highest BCUT2D eigenvalue weighted by Crippen LogP contribution is 2.42. The summed E-state index contributed by atoms with van der Waals surface area (Å²) in [5.74, 6) is 2.61. The van der Waals surface area contributed by atoms with Crippen LogP contribution in [0, 0.1) is 18.8 Å². The highest BCUT2D eigenvalue weighted by Gasteiger charge is 2.32. The Bertz CT molecular complexity index is 443. The van der Waals surface area contributed by atoms with Gasteiger partial charge in [0, 0.05) is 11.6 Å². The summed E-state index contributed by atoms with van der Waals surface area (Å²) in [5.41, 5.74) is 2.67. The Labute approximate surface area is 130 Å². The maximum Gasteiger partial charge on any atom is 0.123 e. The molecule has 0 bridgehead atoms. The van der Waals surface area contributed by atoms with Gasteiger partial charge in [0.1, 0.15) is 5.75 Å². The van der Waals surface area contributed by atoms with Crippen LogP contribution in [0.2, 0.25) is 0 Å². The molecule has 0 heterocycles. The molecule has 0 saturated heterocycles. The minimum atomic E-state index is 0.426. The van der Waals surface area contributed by atoms with Crippen LogP contribution in [0.1, 0.15) is 63.1 Å². The van der Waals surface area contributed by atoms with E-state index in [2.05, 4.69) is 44.3 Å². The van der Waals surface area contributed by atoms with Crippen molar-refractivity contribution in [3.63, 3.8) is 0 Å². The molecule has 118 valence electrons. The van der Waals surface area contributed by atoms with Gasteiger partial charge in [-0.1, -0.05) is 57.2 Å². The Morgan fingerprint density at radius 2 is 2.00 bits per heavy atom. The number of benzene rings is 1. The van der Waals surface area contributed by atoms with E-state index >= 15 is 0 Å². The second-order valence-corrected chi connectivity index (χ2v) is 6.40. The average Bonchev–Trinajstić information content (AvgIpc) is 2.52. The SMILES string of the molecule is CCNC(c1cc(C)ccc1OC)C1CCCCC1CC. The van der Waals surface area contributed by atoms with E-state index in [4.69, 9.17) is 4.74 Å². The van der Waals surface area contributed by atoms with Crippen molar-refractivity contribution in [1.82, 2.24) is 5.32 Å². The normalized spacial score (nSPS) is 23.8. The van der Waals surface area contributed by atoms with Crippen molar-refractivity contribution in [2.24, 2.45) is 11.8 Å². The minimum absolute atomic E-state index is 0.426. The molecule has 2 nitrogen and oxygen atoms in total. The van der Waals surface area contributed by atoms with Crippen molar-refractivity contribution >= 4 is 0 Å². The van der Waals surface area contributed by atoms with Gasteiger partial charge in [0.05, 0.1) is 7.11 Å². The maximum absolute atomic E-state index is 5.65. The third-order valence-electron chi connectivity index (χ3n) is 5.06. The Morgan fingerprint density at radius 1 is 1.24 bits per heavy atom. The summed E-state index contributed by atoms with van der Waals surface area (Å²) in [4.78, 5) is 0. The second-order valence-electron chi connectivity index (χ2n) is 6.40. The summed E-state index contributed by atoms with van der Waals surface area (Å²) >= 11 is 0. The third kappa shape index (κ3) is 3.79. The fourth-order valence-corrected chi connectivity index (χ4v) is 3.99. The molecule has 2 rings (SSSR count). The monoisotopic (exact) mass is 289 g/mol. The number of rotatable bonds is 6. The van der Waals surface area contributed by atoms with Crippen LogP contribution in [0.15, 0.2) is 18.2 Å². The van der Waals surface area contributed by atoms with E-state index in [0.29, 0.717) is 6.04 Å². The van der Waals surface area contributed by atoms with Crippen molar-refractivity contribution in [1.29, 1.82) is 0 Å². The Morgan fingerprint density at radius 3 is 2.67 bits per heavy atom. The largest absolute Gasteiger partial charge is 0.496 e. The fourth-order valence-electron chi connectivity index (χ4n) is 3.99. The number of hydrogen-bond acceptors (Lipinski definition) is 2. The molecule has 1 aromatic carbocycles. The number of methoxy groups -OCH3 is 1. The molecule has 1 aromatic rings. The van der Waals surface area contributed by atoms with Crippen molar-refractivity contribution in [2.75, 3.05) is 13.7 Å². The summed E-state index contributed by atoms with van der Waals surface area (Å²) in [5, 5.41) is 3.75. The molecule has 0 amide bonds.